The zero-order chi connectivity index (χ0) is 14.7. The molecular formula is C16H21ClN2O2. The van der Waals surface area contributed by atoms with Crippen LogP contribution in [0.25, 0.3) is 11.0 Å². The fourth-order valence-electron chi connectivity index (χ4n) is 2.93. The fraction of sp³-hybridized carbons (Fsp3) is 0.562. The monoisotopic (exact) mass is 308 g/mol. The Morgan fingerprint density at radius 3 is 2.90 bits per heavy atom. The van der Waals surface area contributed by atoms with Gasteiger partial charge in [-0.1, -0.05) is 6.07 Å². The van der Waals surface area contributed by atoms with Gasteiger partial charge in [0.05, 0.1) is 18.0 Å². The minimum atomic E-state index is 0.420. The molecule has 0 radical (unpaired) electrons. The van der Waals surface area contributed by atoms with Gasteiger partial charge in [-0.3, -0.25) is 0 Å². The molecule has 1 aliphatic rings. The van der Waals surface area contributed by atoms with E-state index < -0.39 is 0 Å². The van der Waals surface area contributed by atoms with Crippen LogP contribution in [0.2, 0.25) is 0 Å². The predicted octanol–water partition coefficient (Wildman–Crippen LogP) is 3.60. The number of nitrogens with zero attached hydrogens (tertiary/aromatic N) is 2. The molecule has 1 saturated heterocycles. The van der Waals surface area contributed by atoms with Crippen LogP contribution in [0.15, 0.2) is 18.2 Å². The van der Waals surface area contributed by atoms with E-state index in [2.05, 4.69) is 15.6 Å². The van der Waals surface area contributed by atoms with E-state index in [-0.39, 0.29) is 0 Å². The summed E-state index contributed by atoms with van der Waals surface area (Å²) in [4.78, 5) is 4.69. The number of benzene rings is 1. The Bertz CT molecular complexity index is 606. The van der Waals surface area contributed by atoms with Gasteiger partial charge in [0.2, 0.25) is 0 Å². The van der Waals surface area contributed by atoms with Crippen LogP contribution in [0.1, 0.15) is 25.6 Å². The molecule has 0 spiro atoms. The molecule has 1 aliphatic heterocycles. The smallest absolute Gasteiger partial charge is 0.147 e. The Morgan fingerprint density at radius 1 is 1.38 bits per heavy atom. The number of halogens is 1. The first-order valence-corrected chi connectivity index (χ1v) is 8.11. The van der Waals surface area contributed by atoms with Crippen LogP contribution in [0, 0.1) is 5.92 Å². The normalized spacial score (nSPS) is 16.5. The third-order valence-corrected chi connectivity index (χ3v) is 4.26. The second-order valence-corrected chi connectivity index (χ2v) is 5.65. The second-order valence-electron chi connectivity index (χ2n) is 5.38. The van der Waals surface area contributed by atoms with Crippen molar-refractivity contribution in [2.45, 2.75) is 32.2 Å². The summed E-state index contributed by atoms with van der Waals surface area (Å²) in [7, 11) is 0. The highest BCUT2D eigenvalue weighted by molar-refractivity contribution is 6.16. The number of alkyl halides is 1. The molecule has 0 N–H and O–H groups in total. The number of fused-ring (bicyclic) bond motifs is 1. The Balaban J connectivity index is 1.97. The van der Waals surface area contributed by atoms with Gasteiger partial charge < -0.3 is 14.0 Å². The second kappa shape index (κ2) is 6.67. The molecule has 4 nitrogen and oxygen atoms in total. The molecule has 0 atom stereocenters. The SMILES string of the molecule is CCOc1cccc2c1nc(CCl)n2CC1CCOCC1. The van der Waals surface area contributed by atoms with Crippen LogP contribution in [-0.2, 0) is 17.2 Å². The van der Waals surface area contributed by atoms with Gasteiger partial charge in [0.15, 0.2) is 0 Å². The molecule has 21 heavy (non-hydrogen) atoms. The average Bonchev–Trinajstić information content (AvgIpc) is 2.88. The first kappa shape index (κ1) is 14.7. The van der Waals surface area contributed by atoms with E-state index >= 15 is 0 Å². The number of rotatable bonds is 5. The average molecular weight is 309 g/mol. The van der Waals surface area contributed by atoms with Gasteiger partial charge in [-0.05, 0) is 37.8 Å². The predicted molar refractivity (Wildman–Crippen MR) is 84.0 cm³/mol. The van der Waals surface area contributed by atoms with Crippen molar-refractivity contribution in [3.05, 3.63) is 24.0 Å². The molecule has 0 amide bonds. The van der Waals surface area contributed by atoms with Gasteiger partial charge in [0.1, 0.15) is 17.1 Å². The number of aromatic nitrogens is 2. The van der Waals surface area contributed by atoms with Crippen molar-refractivity contribution in [1.82, 2.24) is 9.55 Å². The molecule has 0 saturated carbocycles. The zero-order valence-electron chi connectivity index (χ0n) is 12.3. The van der Waals surface area contributed by atoms with E-state index in [1.165, 1.54) is 0 Å². The highest BCUT2D eigenvalue weighted by Crippen LogP contribution is 2.29. The minimum absolute atomic E-state index is 0.420. The van der Waals surface area contributed by atoms with Crippen LogP contribution in [0.4, 0.5) is 0 Å². The highest BCUT2D eigenvalue weighted by atomic mass is 35.5. The number of hydrogen-bond acceptors (Lipinski definition) is 3. The van der Waals surface area contributed by atoms with Crippen molar-refractivity contribution >= 4 is 22.6 Å². The Hall–Kier alpha value is -1.26. The molecule has 1 fully saturated rings. The fourth-order valence-corrected chi connectivity index (χ4v) is 3.14. The third kappa shape index (κ3) is 3.01. The first-order valence-electron chi connectivity index (χ1n) is 7.58. The maximum absolute atomic E-state index is 6.10. The lowest BCUT2D eigenvalue weighted by Gasteiger charge is -2.23. The maximum Gasteiger partial charge on any atom is 0.147 e. The lowest BCUT2D eigenvalue weighted by molar-refractivity contribution is 0.0614. The summed E-state index contributed by atoms with van der Waals surface area (Å²) in [6, 6.07) is 6.09. The third-order valence-electron chi connectivity index (χ3n) is 4.02. The summed E-state index contributed by atoms with van der Waals surface area (Å²) in [5.74, 6) is 2.81. The van der Waals surface area contributed by atoms with Crippen molar-refractivity contribution in [2.24, 2.45) is 5.92 Å². The minimum Gasteiger partial charge on any atom is -0.492 e. The van der Waals surface area contributed by atoms with Gasteiger partial charge in [0, 0.05) is 19.8 Å². The molecule has 3 rings (SSSR count). The van der Waals surface area contributed by atoms with E-state index in [0.29, 0.717) is 18.4 Å². The Kier molecular flexibility index (Phi) is 4.66. The van der Waals surface area contributed by atoms with Gasteiger partial charge >= 0.3 is 0 Å². The molecule has 114 valence electrons. The Labute approximate surface area is 130 Å². The van der Waals surface area contributed by atoms with Gasteiger partial charge in [0.25, 0.3) is 0 Å². The van der Waals surface area contributed by atoms with Crippen LogP contribution < -0.4 is 4.74 Å². The highest BCUT2D eigenvalue weighted by Gasteiger charge is 2.19. The van der Waals surface area contributed by atoms with Crippen LogP contribution >= 0.6 is 11.6 Å². The van der Waals surface area contributed by atoms with Crippen LogP contribution in [-0.4, -0.2) is 29.4 Å². The van der Waals surface area contributed by atoms with Crippen molar-refractivity contribution in [3.63, 3.8) is 0 Å². The zero-order valence-corrected chi connectivity index (χ0v) is 13.1. The quantitative estimate of drug-likeness (QED) is 0.792. The number of ether oxygens (including phenoxy) is 2. The standard InChI is InChI=1S/C16H21ClN2O2/c1-2-21-14-5-3-4-13-16(14)18-15(10-17)19(13)11-12-6-8-20-9-7-12/h3-5,12H,2,6-11H2,1H3. The summed E-state index contributed by atoms with van der Waals surface area (Å²) >= 11 is 6.10. The molecule has 0 unspecified atom stereocenters. The van der Waals surface area contributed by atoms with Crippen molar-refractivity contribution in [1.29, 1.82) is 0 Å². The van der Waals surface area contributed by atoms with E-state index in [1.54, 1.807) is 0 Å². The lowest BCUT2D eigenvalue weighted by atomic mass is 10.0. The maximum atomic E-state index is 6.10. The summed E-state index contributed by atoms with van der Waals surface area (Å²) in [5, 5.41) is 0. The molecule has 1 aromatic carbocycles. The Morgan fingerprint density at radius 2 is 2.19 bits per heavy atom. The van der Waals surface area contributed by atoms with Crippen LogP contribution in [0.3, 0.4) is 0 Å². The summed E-state index contributed by atoms with van der Waals surface area (Å²) in [6.07, 6.45) is 2.21. The lowest BCUT2D eigenvalue weighted by Crippen LogP contribution is -2.21. The first-order chi connectivity index (χ1) is 10.3. The summed E-state index contributed by atoms with van der Waals surface area (Å²) < 4.78 is 13.4. The largest absolute Gasteiger partial charge is 0.492 e. The molecule has 2 aromatic rings. The molecule has 1 aromatic heterocycles. The van der Waals surface area contributed by atoms with Gasteiger partial charge in [-0.25, -0.2) is 4.98 Å². The molecular weight excluding hydrogens is 288 g/mol. The van der Waals surface area contributed by atoms with Gasteiger partial charge in [-0.15, -0.1) is 11.6 Å². The van der Waals surface area contributed by atoms with Gasteiger partial charge in [-0.2, -0.15) is 0 Å². The number of para-hydroxylation sites is 1. The van der Waals surface area contributed by atoms with E-state index in [9.17, 15) is 0 Å². The summed E-state index contributed by atoms with van der Waals surface area (Å²) in [5.41, 5.74) is 2.03. The topological polar surface area (TPSA) is 36.3 Å². The van der Waals surface area contributed by atoms with E-state index in [1.807, 2.05) is 19.1 Å². The molecule has 5 heteroatoms. The summed E-state index contributed by atoms with van der Waals surface area (Å²) in [6.45, 7) is 5.30. The molecule has 2 heterocycles. The molecule has 0 bridgehead atoms. The number of hydrogen-bond donors (Lipinski definition) is 0. The molecule has 0 aliphatic carbocycles. The van der Waals surface area contributed by atoms with E-state index in [4.69, 9.17) is 21.1 Å². The van der Waals surface area contributed by atoms with Crippen LogP contribution in [0.5, 0.6) is 5.75 Å². The number of imidazole rings is 1. The van der Waals surface area contributed by atoms with Crippen molar-refractivity contribution < 1.29 is 9.47 Å². The van der Waals surface area contributed by atoms with Crippen molar-refractivity contribution in [3.8, 4) is 5.75 Å². The van der Waals surface area contributed by atoms with Crippen molar-refractivity contribution in [2.75, 3.05) is 19.8 Å². The van der Waals surface area contributed by atoms with E-state index in [0.717, 1.165) is 55.2 Å².